The van der Waals surface area contributed by atoms with E-state index >= 15 is 8.78 Å². The molecule has 0 aliphatic carbocycles. The zero-order chi connectivity index (χ0) is 25.1. The second kappa shape index (κ2) is 8.34. The summed E-state index contributed by atoms with van der Waals surface area (Å²) in [5.74, 6) is -2.55. The maximum Gasteiger partial charge on any atom is 0.280 e. The van der Waals surface area contributed by atoms with Gasteiger partial charge in [-0.25, -0.2) is 18.0 Å². The molecular weight excluding hydrogens is 470 g/mol. The second-order valence-electron chi connectivity index (χ2n) is 9.73. The molecule has 0 radical (unpaired) electrons. The van der Waals surface area contributed by atoms with Crippen molar-refractivity contribution in [2.75, 3.05) is 38.7 Å². The van der Waals surface area contributed by atoms with Crippen molar-refractivity contribution in [3.05, 3.63) is 30.5 Å². The monoisotopic (exact) mass is 498 g/mol. The summed E-state index contributed by atoms with van der Waals surface area (Å²) in [5, 5.41) is 15.7. The minimum absolute atomic E-state index is 0.0986. The van der Waals surface area contributed by atoms with Crippen molar-refractivity contribution in [3.8, 4) is 17.0 Å². The van der Waals surface area contributed by atoms with Gasteiger partial charge >= 0.3 is 0 Å². The Bertz CT molecular complexity index is 1430. The van der Waals surface area contributed by atoms with Crippen molar-refractivity contribution in [1.29, 1.82) is 0 Å². The van der Waals surface area contributed by atoms with Crippen LogP contribution in [0.1, 0.15) is 20.3 Å². The number of nitrogens with zero attached hydrogens (tertiary/aromatic N) is 7. The van der Waals surface area contributed by atoms with Crippen LogP contribution in [-0.2, 0) is 11.3 Å². The second-order valence-corrected chi connectivity index (χ2v) is 9.73. The van der Waals surface area contributed by atoms with Crippen molar-refractivity contribution in [1.82, 2.24) is 34.5 Å². The molecule has 5 heterocycles. The molecule has 2 fully saturated rings. The Morgan fingerprint density at radius 2 is 2.08 bits per heavy atom. The van der Waals surface area contributed by atoms with Crippen LogP contribution in [-0.4, -0.2) is 85.4 Å². The van der Waals surface area contributed by atoms with Crippen molar-refractivity contribution < 1.29 is 18.3 Å². The highest BCUT2D eigenvalue weighted by Gasteiger charge is 2.51. The van der Waals surface area contributed by atoms with Gasteiger partial charge in [-0.2, -0.15) is 4.98 Å². The molecule has 1 N–H and O–H groups in total. The Kier molecular flexibility index (Phi) is 5.34. The average Bonchev–Trinajstić information content (AvgIpc) is 3.46. The third-order valence-corrected chi connectivity index (χ3v) is 7.29. The summed E-state index contributed by atoms with van der Waals surface area (Å²) < 4.78 is 44.5. The van der Waals surface area contributed by atoms with Crippen molar-refractivity contribution in [2.45, 2.75) is 44.3 Å². The number of alkyl halides is 2. The highest BCUT2D eigenvalue weighted by Crippen LogP contribution is 2.37. The van der Waals surface area contributed by atoms with Crippen LogP contribution in [0.15, 0.2) is 30.5 Å². The van der Waals surface area contributed by atoms with Crippen LogP contribution in [0, 0.1) is 0 Å². The molecule has 10 nitrogen and oxygen atoms in total. The number of halogens is 2. The number of hydrogen-bond acceptors (Lipinski definition) is 8. The Labute approximate surface area is 206 Å². The standard InChI is InChI=1S/C24H28F2N8O2/c1-4-33-18-11-15(5-6-17(18)29-31-33)16-7-10-34-20(16)21(35-3)28-22(30-34)27-19-8-9-32(12-24(19,25)26)23(2)13-36-14-23/h5-7,10-11,19H,4,8-9,12-14H2,1-3H3,(H,27,30)/t19-/m1/s1. The van der Waals surface area contributed by atoms with E-state index in [2.05, 4.69) is 25.7 Å². The lowest BCUT2D eigenvalue weighted by atomic mass is 9.91. The number of hydrogen-bond donors (Lipinski definition) is 1. The highest BCUT2D eigenvalue weighted by molar-refractivity contribution is 5.89. The van der Waals surface area contributed by atoms with E-state index < -0.39 is 12.0 Å². The lowest BCUT2D eigenvalue weighted by molar-refractivity contribution is -0.174. The molecule has 4 aromatic rings. The number of fused-ring (bicyclic) bond motifs is 2. The first-order valence-electron chi connectivity index (χ1n) is 12.1. The van der Waals surface area contributed by atoms with Crippen LogP contribution in [0.4, 0.5) is 14.7 Å². The van der Waals surface area contributed by atoms with E-state index in [1.807, 2.05) is 47.7 Å². The van der Waals surface area contributed by atoms with E-state index in [4.69, 9.17) is 9.47 Å². The van der Waals surface area contributed by atoms with Crippen molar-refractivity contribution >= 4 is 22.5 Å². The summed E-state index contributed by atoms with van der Waals surface area (Å²) in [6.07, 6.45) is 2.04. The van der Waals surface area contributed by atoms with Gasteiger partial charge in [0.1, 0.15) is 11.0 Å². The van der Waals surface area contributed by atoms with Crippen LogP contribution in [0.3, 0.4) is 0 Å². The maximum atomic E-state index is 15.1. The molecule has 2 aliphatic heterocycles. The van der Waals surface area contributed by atoms with Crippen molar-refractivity contribution in [3.63, 3.8) is 0 Å². The predicted octanol–water partition coefficient (Wildman–Crippen LogP) is 3.08. The molecule has 2 saturated heterocycles. The normalized spacial score (nSPS) is 21.5. The summed E-state index contributed by atoms with van der Waals surface area (Å²) in [6.45, 7) is 5.87. The molecule has 0 spiro atoms. The summed E-state index contributed by atoms with van der Waals surface area (Å²) in [7, 11) is 1.51. The molecule has 190 valence electrons. The van der Waals surface area contributed by atoms with Crippen LogP contribution in [0.25, 0.3) is 27.7 Å². The summed E-state index contributed by atoms with van der Waals surface area (Å²) in [6, 6.07) is 6.72. The third kappa shape index (κ3) is 3.66. The maximum absolute atomic E-state index is 15.1. The summed E-state index contributed by atoms with van der Waals surface area (Å²) in [5.41, 5.74) is 3.85. The number of anilines is 1. The van der Waals surface area contributed by atoms with E-state index in [1.54, 1.807) is 10.7 Å². The fraction of sp³-hybridized carbons (Fsp3) is 0.500. The zero-order valence-corrected chi connectivity index (χ0v) is 20.4. The molecular formula is C24H28F2N8O2. The molecule has 0 amide bonds. The lowest BCUT2D eigenvalue weighted by Gasteiger charge is -2.51. The van der Waals surface area contributed by atoms with Gasteiger partial charge in [0.15, 0.2) is 0 Å². The number of ether oxygens (including phenoxy) is 2. The Balaban J connectivity index is 1.30. The Morgan fingerprint density at radius 1 is 1.25 bits per heavy atom. The first kappa shape index (κ1) is 23.0. The number of nitrogens with one attached hydrogen (secondary N) is 1. The fourth-order valence-corrected chi connectivity index (χ4v) is 5.11. The van der Waals surface area contributed by atoms with Gasteiger partial charge in [0, 0.05) is 24.8 Å². The van der Waals surface area contributed by atoms with Gasteiger partial charge in [-0.1, -0.05) is 11.3 Å². The van der Waals surface area contributed by atoms with E-state index in [-0.39, 0.29) is 24.5 Å². The van der Waals surface area contributed by atoms with Crippen LogP contribution >= 0.6 is 0 Å². The number of rotatable bonds is 6. The van der Waals surface area contributed by atoms with Gasteiger partial charge in [0.25, 0.3) is 5.92 Å². The first-order valence-corrected chi connectivity index (χ1v) is 12.1. The SMILES string of the molecule is CCn1nnc2ccc(-c3ccn4nc(N[C@@H]5CCN(C6(C)COC6)CC5(F)F)nc(OC)c34)cc21. The minimum Gasteiger partial charge on any atom is -0.479 e. The molecule has 3 aromatic heterocycles. The molecule has 12 heteroatoms. The highest BCUT2D eigenvalue weighted by atomic mass is 19.3. The lowest BCUT2D eigenvalue weighted by Crippen LogP contribution is -2.67. The van der Waals surface area contributed by atoms with Crippen LogP contribution in [0.5, 0.6) is 5.88 Å². The largest absolute Gasteiger partial charge is 0.479 e. The third-order valence-electron chi connectivity index (χ3n) is 7.29. The number of piperidine rings is 1. The van der Waals surface area contributed by atoms with Gasteiger partial charge < -0.3 is 14.8 Å². The number of aromatic nitrogens is 6. The molecule has 0 bridgehead atoms. The molecule has 2 aliphatic rings. The van der Waals surface area contributed by atoms with E-state index in [0.717, 1.165) is 22.2 Å². The van der Waals surface area contributed by atoms with Gasteiger partial charge in [-0.15, -0.1) is 10.2 Å². The zero-order valence-electron chi connectivity index (χ0n) is 20.4. The first-order chi connectivity index (χ1) is 17.3. The minimum atomic E-state index is -2.95. The number of benzene rings is 1. The molecule has 0 saturated carbocycles. The fourth-order valence-electron chi connectivity index (χ4n) is 5.11. The molecule has 6 rings (SSSR count). The molecule has 1 atom stereocenters. The van der Waals surface area contributed by atoms with Crippen LogP contribution < -0.4 is 10.1 Å². The topological polar surface area (TPSA) is 94.6 Å². The van der Waals surface area contributed by atoms with E-state index in [9.17, 15) is 0 Å². The van der Waals surface area contributed by atoms with Gasteiger partial charge in [0.2, 0.25) is 11.8 Å². The smallest absolute Gasteiger partial charge is 0.280 e. The summed E-state index contributed by atoms with van der Waals surface area (Å²) in [4.78, 5) is 6.28. The predicted molar refractivity (Wildman–Crippen MR) is 130 cm³/mol. The van der Waals surface area contributed by atoms with Crippen molar-refractivity contribution in [2.24, 2.45) is 0 Å². The van der Waals surface area contributed by atoms with E-state index in [1.165, 1.54) is 7.11 Å². The van der Waals surface area contributed by atoms with Gasteiger partial charge in [-0.3, -0.25) is 4.90 Å². The quantitative estimate of drug-likeness (QED) is 0.434. The Hall–Kier alpha value is -3.38. The Morgan fingerprint density at radius 3 is 2.78 bits per heavy atom. The molecule has 0 unspecified atom stereocenters. The number of aryl methyl sites for hydroxylation is 1. The molecule has 1 aromatic carbocycles. The number of methoxy groups -OCH3 is 1. The number of likely N-dealkylation sites (tertiary alicyclic amines) is 1. The van der Waals surface area contributed by atoms with Gasteiger partial charge in [-0.05, 0) is 44.0 Å². The van der Waals surface area contributed by atoms with E-state index in [0.29, 0.717) is 37.7 Å². The molecule has 36 heavy (non-hydrogen) atoms. The average molecular weight is 499 g/mol. The summed E-state index contributed by atoms with van der Waals surface area (Å²) >= 11 is 0. The van der Waals surface area contributed by atoms with Crippen LogP contribution in [0.2, 0.25) is 0 Å². The van der Waals surface area contributed by atoms with Gasteiger partial charge in [0.05, 0.1) is 44.0 Å².